The van der Waals surface area contributed by atoms with Crippen molar-refractivity contribution in [2.24, 2.45) is 0 Å². The van der Waals surface area contributed by atoms with Crippen LogP contribution in [0.1, 0.15) is 36.5 Å². The average Bonchev–Trinajstić information content (AvgIpc) is 2.61. The fourth-order valence-electron chi connectivity index (χ4n) is 2.42. The average molecular weight is 555 g/mol. The lowest BCUT2D eigenvalue weighted by Gasteiger charge is -2.15. The molecule has 0 atom stereocenters. The van der Waals surface area contributed by atoms with Gasteiger partial charge in [0, 0.05) is 23.1 Å². The largest absolute Gasteiger partial charge is 0.507 e. The SMILES string of the molecule is CCCCOCc1c(O)c(Br)cc(Cc2cc(O)c(O)c(Br)c2Br)c1O. The minimum atomic E-state index is -0.268. The second-order valence-electron chi connectivity index (χ2n) is 5.81. The van der Waals surface area contributed by atoms with Gasteiger partial charge in [0.05, 0.1) is 21.1 Å². The second-order valence-corrected chi connectivity index (χ2v) is 8.25. The van der Waals surface area contributed by atoms with Gasteiger partial charge < -0.3 is 25.2 Å². The van der Waals surface area contributed by atoms with Crippen LogP contribution in [0.5, 0.6) is 23.0 Å². The van der Waals surface area contributed by atoms with Crippen molar-refractivity contribution in [1.29, 1.82) is 0 Å². The molecule has 0 aliphatic rings. The molecule has 0 heterocycles. The van der Waals surface area contributed by atoms with E-state index < -0.39 is 0 Å². The molecule has 2 rings (SSSR count). The first-order valence-electron chi connectivity index (χ1n) is 7.96. The summed E-state index contributed by atoms with van der Waals surface area (Å²) in [4.78, 5) is 0. The van der Waals surface area contributed by atoms with Gasteiger partial charge in [-0.25, -0.2) is 0 Å². The first-order chi connectivity index (χ1) is 12.3. The molecule has 0 unspecified atom stereocenters. The Kier molecular flexibility index (Phi) is 7.63. The maximum Gasteiger partial charge on any atom is 0.173 e. The van der Waals surface area contributed by atoms with Gasteiger partial charge in [-0.1, -0.05) is 13.3 Å². The summed E-state index contributed by atoms with van der Waals surface area (Å²) in [5.41, 5.74) is 1.50. The molecule has 26 heavy (non-hydrogen) atoms. The molecule has 0 aliphatic heterocycles. The first-order valence-corrected chi connectivity index (χ1v) is 10.3. The van der Waals surface area contributed by atoms with Gasteiger partial charge in [-0.3, -0.25) is 0 Å². The predicted octanol–water partition coefficient (Wildman–Crippen LogP) is 5.70. The van der Waals surface area contributed by atoms with E-state index in [-0.39, 0.29) is 36.0 Å². The normalized spacial score (nSPS) is 11.1. The van der Waals surface area contributed by atoms with Gasteiger partial charge in [0.1, 0.15) is 11.5 Å². The van der Waals surface area contributed by atoms with Crippen LogP contribution in [0.3, 0.4) is 0 Å². The van der Waals surface area contributed by atoms with Crippen molar-refractivity contribution in [2.45, 2.75) is 32.8 Å². The summed E-state index contributed by atoms with van der Waals surface area (Å²) in [7, 11) is 0. The van der Waals surface area contributed by atoms with Gasteiger partial charge >= 0.3 is 0 Å². The Bertz CT molecular complexity index is 808. The first kappa shape index (κ1) is 21.3. The molecule has 0 saturated heterocycles. The molecule has 0 aromatic heterocycles. The Morgan fingerprint density at radius 2 is 1.58 bits per heavy atom. The lowest BCUT2D eigenvalue weighted by molar-refractivity contribution is 0.114. The van der Waals surface area contributed by atoms with E-state index in [1.165, 1.54) is 6.07 Å². The number of phenolic OH excluding ortho intramolecular Hbond substituents is 4. The van der Waals surface area contributed by atoms with Crippen molar-refractivity contribution < 1.29 is 25.2 Å². The summed E-state index contributed by atoms with van der Waals surface area (Å²) in [6.45, 7) is 2.69. The molecular formula is C18H19Br3O5. The third-order valence-corrected chi connectivity index (χ3v) is 6.72. The fourth-order valence-corrected chi connectivity index (χ4v) is 3.84. The summed E-state index contributed by atoms with van der Waals surface area (Å²) in [5, 5.41) is 40.4. The summed E-state index contributed by atoms with van der Waals surface area (Å²) in [5.74, 6) is -0.647. The zero-order chi connectivity index (χ0) is 19.4. The standard InChI is InChI=1S/C18H19Br3O5/c1-2-3-4-26-8-11-16(23)10(6-12(19)17(11)24)5-9-7-13(22)18(25)15(21)14(9)20/h6-7,22-25H,2-5,8H2,1H3. The minimum Gasteiger partial charge on any atom is -0.507 e. The van der Waals surface area contributed by atoms with E-state index in [9.17, 15) is 20.4 Å². The molecule has 142 valence electrons. The van der Waals surface area contributed by atoms with Crippen LogP contribution >= 0.6 is 47.8 Å². The smallest absolute Gasteiger partial charge is 0.173 e. The Morgan fingerprint density at radius 3 is 2.23 bits per heavy atom. The highest BCUT2D eigenvalue weighted by molar-refractivity contribution is 9.13. The van der Waals surface area contributed by atoms with E-state index in [0.29, 0.717) is 36.7 Å². The summed E-state index contributed by atoms with van der Waals surface area (Å²) in [6.07, 6.45) is 2.16. The number of phenols is 4. The molecule has 0 bridgehead atoms. The van der Waals surface area contributed by atoms with Crippen LogP contribution in [0, 0.1) is 0 Å². The number of halogens is 3. The van der Waals surface area contributed by atoms with Crippen LogP contribution in [0.25, 0.3) is 0 Å². The van der Waals surface area contributed by atoms with Crippen LogP contribution in [0.4, 0.5) is 0 Å². The van der Waals surface area contributed by atoms with Crippen molar-refractivity contribution in [1.82, 2.24) is 0 Å². The van der Waals surface area contributed by atoms with Crippen molar-refractivity contribution >= 4 is 47.8 Å². The van der Waals surface area contributed by atoms with Crippen molar-refractivity contribution in [3.8, 4) is 23.0 Å². The summed E-state index contributed by atoms with van der Waals surface area (Å²) >= 11 is 9.89. The molecule has 8 heteroatoms. The second kappa shape index (κ2) is 9.30. The van der Waals surface area contributed by atoms with E-state index in [1.54, 1.807) is 6.07 Å². The van der Waals surface area contributed by atoms with Crippen LogP contribution < -0.4 is 0 Å². The Morgan fingerprint density at radius 1 is 0.885 bits per heavy atom. The van der Waals surface area contributed by atoms with Crippen molar-refractivity contribution in [3.63, 3.8) is 0 Å². The zero-order valence-corrected chi connectivity index (χ0v) is 18.8. The predicted molar refractivity (Wildman–Crippen MR) is 110 cm³/mol. The fraction of sp³-hybridized carbons (Fsp3) is 0.333. The van der Waals surface area contributed by atoms with Gasteiger partial charge in [-0.05, 0) is 71.9 Å². The molecule has 0 amide bonds. The molecule has 0 spiro atoms. The Balaban J connectivity index is 2.37. The van der Waals surface area contributed by atoms with Gasteiger partial charge in [0.25, 0.3) is 0 Å². The lowest BCUT2D eigenvalue weighted by atomic mass is 10.0. The number of rotatable bonds is 7. The number of ether oxygens (including phenoxy) is 1. The molecule has 0 saturated carbocycles. The Labute approximate surface area is 177 Å². The quantitative estimate of drug-likeness (QED) is 0.260. The van der Waals surface area contributed by atoms with E-state index in [1.807, 2.05) is 0 Å². The molecule has 5 nitrogen and oxygen atoms in total. The van der Waals surface area contributed by atoms with E-state index in [2.05, 4.69) is 54.7 Å². The van der Waals surface area contributed by atoms with Crippen molar-refractivity contribution in [3.05, 3.63) is 42.2 Å². The molecule has 0 fully saturated rings. The van der Waals surface area contributed by atoms with Crippen LogP contribution in [-0.2, 0) is 17.8 Å². The van der Waals surface area contributed by atoms with Crippen molar-refractivity contribution in [2.75, 3.05) is 6.61 Å². The minimum absolute atomic E-state index is 0.0576. The highest BCUT2D eigenvalue weighted by atomic mass is 79.9. The highest BCUT2D eigenvalue weighted by Crippen LogP contribution is 2.44. The molecule has 4 N–H and O–H groups in total. The van der Waals surface area contributed by atoms with Gasteiger partial charge in [-0.15, -0.1) is 0 Å². The number of aromatic hydroxyl groups is 4. The zero-order valence-electron chi connectivity index (χ0n) is 14.0. The third-order valence-electron chi connectivity index (χ3n) is 3.91. The number of hydrogen-bond donors (Lipinski definition) is 4. The Hall–Kier alpha value is -0.960. The number of unbranched alkanes of at least 4 members (excludes halogenated alkanes) is 1. The van der Waals surface area contributed by atoms with Crippen LogP contribution in [-0.4, -0.2) is 27.0 Å². The third kappa shape index (κ3) is 4.65. The van der Waals surface area contributed by atoms with Gasteiger partial charge in [0.15, 0.2) is 11.5 Å². The van der Waals surface area contributed by atoms with Crippen LogP contribution in [0.15, 0.2) is 25.6 Å². The van der Waals surface area contributed by atoms with Gasteiger partial charge in [0.2, 0.25) is 0 Å². The molecule has 0 aliphatic carbocycles. The number of hydrogen-bond acceptors (Lipinski definition) is 5. The van der Waals surface area contributed by atoms with Crippen LogP contribution in [0.2, 0.25) is 0 Å². The summed E-state index contributed by atoms with van der Waals surface area (Å²) in [6, 6.07) is 3.03. The van der Waals surface area contributed by atoms with E-state index >= 15 is 0 Å². The van der Waals surface area contributed by atoms with E-state index in [0.717, 1.165) is 12.8 Å². The molecule has 0 radical (unpaired) electrons. The molecule has 2 aromatic carbocycles. The number of benzene rings is 2. The summed E-state index contributed by atoms with van der Waals surface area (Å²) < 4.78 is 6.86. The topological polar surface area (TPSA) is 90.2 Å². The van der Waals surface area contributed by atoms with E-state index in [4.69, 9.17) is 4.74 Å². The molecular weight excluding hydrogens is 536 g/mol. The monoisotopic (exact) mass is 552 g/mol. The maximum atomic E-state index is 10.6. The van der Waals surface area contributed by atoms with Gasteiger partial charge in [-0.2, -0.15) is 0 Å². The lowest BCUT2D eigenvalue weighted by Crippen LogP contribution is -2.00. The maximum absolute atomic E-state index is 10.6. The highest BCUT2D eigenvalue weighted by Gasteiger charge is 2.19. The molecule has 2 aromatic rings.